The van der Waals surface area contributed by atoms with Crippen molar-refractivity contribution in [1.82, 2.24) is 20.2 Å². The minimum atomic E-state index is -2.66. The van der Waals surface area contributed by atoms with Crippen LogP contribution >= 0.6 is 11.3 Å². The van der Waals surface area contributed by atoms with Gasteiger partial charge < -0.3 is 42.4 Å². The second-order valence-corrected chi connectivity index (χ2v) is 54.8. The van der Waals surface area contributed by atoms with E-state index in [1.807, 2.05) is 25.2 Å². The zero-order chi connectivity index (χ0) is 60.8. The summed E-state index contributed by atoms with van der Waals surface area (Å²) >= 11 is 1.41. The molecule has 3 heterocycles. The summed E-state index contributed by atoms with van der Waals surface area (Å²) < 4.78 is 60.7. The zero-order valence-corrected chi connectivity index (χ0v) is 59.6. The monoisotopic (exact) mass is 1210 g/mol. The molecule has 0 saturated heterocycles. The van der Waals surface area contributed by atoms with Gasteiger partial charge in [-0.3, -0.25) is 14.8 Å². The van der Waals surface area contributed by atoms with Crippen molar-refractivity contribution in [3.8, 4) is 22.1 Å². The lowest BCUT2D eigenvalue weighted by Crippen LogP contribution is -2.64. The number of urea groups is 1. The number of halogens is 1. The van der Waals surface area contributed by atoms with E-state index in [1.165, 1.54) is 23.5 Å². The highest BCUT2D eigenvalue weighted by atomic mass is 32.1. The first-order valence-corrected chi connectivity index (χ1v) is 44.0. The third-order valence-corrected chi connectivity index (χ3v) is 41.8. The number of anilines is 1. The summed E-state index contributed by atoms with van der Waals surface area (Å²) in [7, 11) is -10.9. The molecule has 0 aliphatic heterocycles. The minimum Gasteiger partial charge on any atom is -0.453 e. The molecule has 1 aliphatic rings. The van der Waals surface area contributed by atoms with E-state index in [1.54, 1.807) is 29.4 Å². The zero-order valence-electron chi connectivity index (χ0n) is 53.8. The molecule has 20 heteroatoms. The Labute approximate surface area is 490 Å². The molecule has 3 aromatic heterocycles. The second-order valence-electron chi connectivity index (χ2n) is 30.0. The Morgan fingerprint density at radius 1 is 0.650 bits per heavy atom. The summed E-state index contributed by atoms with van der Waals surface area (Å²) in [6, 6.07) is 11.4. The maximum atomic E-state index is 15.4. The van der Waals surface area contributed by atoms with E-state index >= 15 is 9.18 Å². The Bertz CT molecular complexity index is 2770. The number of pyridine rings is 2. The lowest BCUT2D eigenvalue weighted by Gasteiger charge is -2.52. The highest BCUT2D eigenvalue weighted by Crippen LogP contribution is 2.47. The molecule has 1 aliphatic carbocycles. The maximum absolute atomic E-state index is 15.4. The molecule has 4 atom stereocenters. The molecule has 2 N–H and O–H groups in total. The summed E-state index contributed by atoms with van der Waals surface area (Å²) in [6.45, 7) is 57.5. The Balaban J connectivity index is 1.57. The van der Waals surface area contributed by atoms with Crippen molar-refractivity contribution < 1.29 is 40.8 Å². The highest BCUT2D eigenvalue weighted by Gasteiger charge is 2.54. The van der Waals surface area contributed by atoms with E-state index in [2.05, 4.69) is 185 Å². The SMILES string of the molecule is CN(C[C@@H](O[Si](C)(C)C(C)(C)C)[C@H](O[Si](C)(C)C(C)(C)C)[C@@H](O[Si](C)(C)C(C)(C)C)[C@H](CO[Si](C)(C)C(C)(C)C)O[Si](C)(C)C(C)(C)C)C(=O)c1ccc(-c2cc3nccc(Oc4ccc(NC(=O)NC5CC5)cc4F)c3s2)nc1. The molecule has 80 heavy (non-hydrogen) atoms. The van der Waals surface area contributed by atoms with Gasteiger partial charge >= 0.3 is 6.03 Å². The van der Waals surface area contributed by atoms with Crippen molar-refractivity contribution in [3.05, 3.63) is 66.2 Å². The third-order valence-electron chi connectivity index (χ3n) is 18.2. The van der Waals surface area contributed by atoms with Crippen LogP contribution in [0.4, 0.5) is 14.9 Å². The average Bonchev–Trinajstić information content (AvgIpc) is 4.00. The minimum absolute atomic E-state index is 0.00846. The number of carbonyl (C=O) groups excluding carboxylic acids is 2. The normalized spacial score (nSPS) is 16.3. The fourth-order valence-electron chi connectivity index (χ4n) is 7.49. The molecule has 1 fully saturated rings. The van der Waals surface area contributed by atoms with Gasteiger partial charge in [0.1, 0.15) is 5.75 Å². The molecular formula is C60H102FN5O8SSi5. The molecule has 0 unspecified atom stereocenters. The van der Waals surface area contributed by atoms with E-state index in [0.717, 1.165) is 17.7 Å². The summed E-state index contributed by atoms with van der Waals surface area (Å²) in [5.41, 5.74) is 2.04. The molecular weight excluding hydrogens is 1110 g/mol. The second kappa shape index (κ2) is 24.4. The first-order valence-electron chi connectivity index (χ1n) is 28.7. The number of thiophene rings is 1. The number of amides is 3. The van der Waals surface area contributed by atoms with Gasteiger partial charge in [0, 0.05) is 49.8 Å². The van der Waals surface area contributed by atoms with E-state index in [0.29, 0.717) is 39.5 Å². The number of carbonyl (C=O) groups is 2. The number of rotatable bonds is 22. The molecule has 0 radical (unpaired) electrons. The van der Waals surface area contributed by atoms with Crippen LogP contribution in [0.2, 0.25) is 90.7 Å². The molecule has 5 rings (SSSR count). The number of fused-ring (bicyclic) bond motifs is 1. The van der Waals surface area contributed by atoms with Gasteiger partial charge in [-0.15, -0.1) is 11.3 Å². The summed E-state index contributed by atoms with van der Waals surface area (Å²) in [5, 5.41) is 4.82. The Morgan fingerprint density at radius 2 is 1.15 bits per heavy atom. The van der Waals surface area contributed by atoms with Crippen LogP contribution in [0.15, 0.2) is 54.9 Å². The van der Waals surface area contributed by atoms with Gasteiger partial charge in [0.2, 0.25) is 0 Å². The van der Waals surface area contributed by atoms with Crippen LogP contribution in [0.3, 0.4) is 0 Å². The van der Waals surface area contributed by atoms with Gasteiger partial charge in [0.05, 0.1) is 57.4 Å². The predicted octanol–water partition coefficient (Wildman–Crippen LogP) is 17.2. The van der Waals surface area contributed by atoms with Gasteiger partial charge in [-0.25, -0.2) is 9.18 Å². The Morgan fingerprint density at radius 3 is 1.62 bits per heavy atom. The van der Waals surface area contributed by atoms with Gasteiger partial charge in [-0.05, 0) is 134 Å². The standard InChI is InChI=1S/C60H102FN5O8SSi5/c1-56(2,3)76(17,18)69-39-49(72-78(21,22)58(7,8)9)52(74-80(25,26)60(13,14)15)51(73-79(23,24)59(10,11)12)48(71-77(19,20)57(4,5)6)38-66(16)54(67)40-27-31-44(63-37-40)50-36-45-53(75-50)47(33-34-62-45)70-46-32-30-42(35-43(46)61)65-55(68)64-41-28-29-41/h27,30-37,41,48-49,51-52H,28-29,38-39H2,1-26H3,(H2,64,65,68)/t48-,49+,51+,52+/m1/s1. The molecule has 1 aromatic carbocycles. The van der Waals surface area contributed by atoms with E-state index in [4.69, 9.17) is 31.9 Å². The number of hydrogen-bond donors (Lipinski definition) is 2. The molecule has 4 aromatic rings. The summed E-state index contributed by atoms with van der Waals surface area (Å²) in [6.07, 6.45) is 2.68. The Kier molecular flexibility index (Phi) is 20.7. The van der Waals surface area contributed by atoms with Gasteiger partial charge in [0.15, 0.2) is 53.2 Å². The lowest BCUT2D eigenvalue weighted by atomic mass is 10.0. The van der Waals surface area contributed by atoms with Gasteiger partial charge in [-0.2, -0.15) is 0 Å². The lowest BCUT2D eigenvalue weighted by molar-refractivity contribution is -0.0963. The van der Waals surface area contributed by atoms with Crippen molar-refractivity contribution in [3.63, 3.8) is 0 Å². The van der Waals surface area contributed by atoms with Crippen LogP contribution < -0.4 is 15.4 Å². The molecule has 1 saturated carbocycles. The van der Waals surface area contributed by atoms with Crippen molar-refractivity contribution >= 4 is 80.8 Å². The van der Waals surface area contributed by atoms with Crippen LogP contribution in [0, 0.1) is 5.82 Å². The Hall–Kier alpha value is -3.17. The van der Waals surface area contributed by atoms with Crippen molar-refractivity contribution in [1.29, 1.82) is 0 Å². The topological polar surface area (TPSA) is 143 Å². The molecule has 13 nitrogen and oxygen atoms in total. The fraction of sp³-hybridized carbons (Fsp3) is 0.667. The number of ether oxygens (including phenoxy) is 1. The van der Waals surface area contributed by atoms with Crippen molar-refractivity contribution in [2.45, 2.75) is 238 Å². The fourth-order valence-corrected chi connectivity index (χ4v) is 14.8. The molecule has 448 valence electrons. The largest absolute Gasteiger partial charge is 0.453 e. The number of hydrogen-bond acceptors (Lipinski definition) is 11. The van der Waals surface area contributed by atoms with E-state index in [9.17, 15) is 4.79 Å². The quantitative estimate of drug-likeness (QED) is 0.0730. The highest BCUT2D eigenvalue weighted by molar-refractivity contribution is 7.22. The van der Waals surface area contributed by atoms with Crippen LogP contribution in [-0.4, -0.2) is 119 Å². The van der Waals surface area contributed by atoms with E-state index in [-0.39, 0.29) is 55.5 Å². The predicted molar refractivity (Wildman–Crippen MR) is 343 cm³/mol. The molecule has 0 spiro atoms. The first-order chi connectivity index (χ1) is 36.2. The number of likely N-dealkylation sites (N-methyl/N-ethyl adjacent to an activating group) is 1. The number of aromatic nitrogens is 2. The van der Waals surface area contributed by atoms with E-state index < -0.39 is 71.8 Å². The summed E-state index contributed by atoms with van der Waals surface area (Å²) in [4.78, 5) is 39.3. The summed E-state index contributed by atoms with van der Waals surface area (Å²) in [5.74, 6) is -0.398. The maximum Gasteiger partial charge on any atom is 0.319 e. The van der Waals surface area contributed by atoms with Crippen LogP contribution in [-0.2, 0) is 22.1 Å². The molecule has 3 amide bonds. The number of nitrogens with one attached hydrogen (secondary N) is 2. The molecule has 0 bridgehead atoms. The number of nitrogens with zero attached hydrogens (tertiary/aromatic N) is 3. The average molecular weight is 1210 g/mol. The van der Waals surface area contributed by atoms with Crippen LogP contribution in [0.5, 0.6) is 11.5 Å². The van der Waals surface area contributed by atoms with Gasteiger partial charge in [0.25, 0.3) is 5.91 Å². The van der Waals surface area contributed by atoms with Crippen LogP contribution in [0.25, 0.3) is 20.8 Å². The first kappa shape index (κ1) is 67.6. The number of benzene rings is 1. The van der Waals surface area contributed by atoms with Crippen molar-refractivity contribution in [2.24, 2.45) is 0 Å². The van der Waals surface area contributed by atoms with Crippen LogP contribution in [0.1, 0.15) is 127 Å². The van der Waals surface area contributed by atoms with Crippen molar-refractivity contribution in [2.75, 3.05) is 25.5 Å². The smallest absolute Gasteiger partial charge is 0.319 e. The van der Waals surface area contributed by atoms with Gasteiger partial charge in [-0.1, -0.05) is 104 Å². The third kappa shape index (κ3) is 16.8.